The minimum Gasteiger partial charge on any atom is -0.346 e. The van der Waals surface area contributed by atoms with E-state index in [-0.39, 0.29) is 23.0 Å². The molecule has 1 atom stereocenters. The molecule has 0 radical (unpaired) electrons. The molecule has 1 heterocycles. The first kappa shape index (κ1) is 23.5. The fourth-order valence-corrected chi connectivity index (χ4v) is 3.67. The number of hydrogen-bond donors (Lipinski definition) is 1. The molecule has 7 heteroatoms. The van der Waals surface area contributed by atoms with Gasteiger partial charge in [0.05, 0.1) is 18.2 Å². The van der Waals surface area contributed by atoms with E-state index in [2.05, 4.69) is 10.3 Å². The molecule has 0 aliphatic carbocycles. The second-order valence-corrected chi connectivity index (χ2v) is 7.95. The van der Waals surface area contributed by atoms with Crippen LogP contribution in [0.25, 0.3) is 6.08 Å². The molecule has 3 nitrogen and oxygen atoms in total. The third-order valence-electron chi connectivity index (χ3n) is 4.91. The number of alkyl halides is 3. The van der Waals surface area contributed by atoms with Gasteiger partial charge >= 0.3 is 6.18 Å². The fourth-order valence-electron chi connectivity index (χ4n) is 3.37. The summed E-state index contributed by atoms with van der Waals surface area (Å²) in [6.45, 7) is 3.73. The Labute approximate surface area is 190 Å². The Balaban J connectivity index is 1.77. The van der Waals surface area contributed by atoms with Gasteiger partial charge < -0.3 is 5.32 Å². The number of amides is 1. The summed E-state index contributed by atoms with van der Waals surface area (Å²) in [6, 6.07) is 14.8. The van der Waals surface area contributed by atoms with Crippen molar-refractivity contribution in [1.29, 1.82) is 0 Å². The van der Waals surface area contributed by atoms with E-state index in [0.29, 0.717) is 22.3 Å². The third-order valence-corrected chi connectivity index (χ3v) is 5.13. The van der Waals surface area contributed by atoms with Crippen molar-refractivity contribution in [2.75, 3.05) is 0 Å². The van der Waals surface area contributed by atoms with Gasteiger partial charge in [-0.15, -0.1) is 0 Å². The van der Waals surface area contributed by atoms with E-state index in [4.69, 9.17) is 11.6 Å². The third kappa shape index (κ3) is 6.20. The lowest BCUT2D eigenvalue weighted by molar-refractivity contribution is -0.139. The molecular formula is C25H22ClF3N2O. The summed E-state index contributed by atoms with van der Waals surface area (Å²) in [6.07, 6.45) is -0.293. The van der Waals surface area contributed by atoms with Crippen molar-refractivity contribution in [1.82, 2.24) is 10.3 Å². The van der Waals surface area contributed by atoms with Crippen LogP contribution < -0.4 is 5.32 Å². The maximum absolute atomic E-state index is 13.7. The zero-order chi connectivity index (χ0) is 23.3. The quantitative estimate of drug-likeness (QED) is 0.449. The van der Waals surface area contributed by atoms with Gasteiger partial charge in [-0.25, -0.2) is 0 Å². The van der Waals surface area contributed by atoms with Gasteiger partial charge in [0.25, 0.3) is 5.91 Å². The van der Waals surface area contributed by atoms with Crippen molar-refractivity contribution >= 4 is 23.6 Å². The number of carbonyl (C=O) groups is 1. The Kier molecular flexibility index (Phi) is 7.36. The lowest BCUT2D eigenvalue weighted by Crippen LogP contribution is -2.24. The minimum atomic E-state index is -4.46. The molecule has 32 heavy (non-hydrogen) atoms. The summed E-state index contributed by atoms with van der Waals surface area (Å²) < 4.78 is 41.1. The number of rotatable bonds is 6. The summed E-state index contributed by atoms with van der Waals surface area (Å²) in [5, 5.41) is 3.06. The van der Waals surface area contributed by atoms with Crippen LogP contribution in [0, 0.1) is 13.8 Å². The number of carbonyl (C=O) groups excluding carboxylic acids is 1. The van der Waals surface area contributed by atoms with Gasteiger partial charge in [0, 0.05) is 16.8 Å². The first-order valence-corrected chi connectivity index (χ1v) is 10.3. The number of aryl methyl sites for hydroxylation is 2. The Bertz CT molecular complexity index is 1110. The van der Waals surface area contributed by atoms with Crippen LogP contribution in [0.2, 0.25) is 5.02 Å². The second-order valence-electron chi connectivity index (χ2n) is 7.52. The highest BCUT2D eigenvalue weighted by molar-refractivity contribution is 6.30. The van der Waals surface area contributed by atoms with Crippen LogP contribution in [-0.2, 0) is 6.54 Å². The first-order valence-electron chi connectivity index (χ1n) is 9.94. The largest absolute Gasteiger partial charge is 0.399 e. The van der Waals surface area contributed by atoms with Crippen molar-refractivity contribution in [2.24, 2.45) is 0 Å². The van der Waals surface area contributed by atoms with Crippen molar-refractivity contribution in [3.8, 4) is 0 Å². The van der Waals surface area contributed by atoms with Crippen LogP contribution in [0.1, 0.15) is 44.2 Å². The Hall–Kier alpha value is -3.12. The Morgan fingerprint density at radius 1 is 1.12 bits per heavy atom. The van der Waals surface area contributed by atoms with Crippen molar-refractivity contribution < 1.29 is 18.0 Å². The molecule has 1 unspecified atom stereocenters. The van der Waals surface area contributed by atoms with Crippen LogP contribution in [0.15, 0.2) is 66.9 Å². The van der Waals surface area contributed by atoms with E-state index in [1.807, 2.05) is 6.07 Å². The highest BCUT2D eigenvalue weighted by Crippen LogP contribution is 2.37. The fraction of sp³-hybridized carbons (Fsp3) is 0.200. The van der Waals surface area contributed by atoms with Crippen molar-refractivity contribution in [3.63, 3.8) is 0 Å². The molecular weight excluding hydrogens is 437 g/mol. The van der Waals surface area contributed by atoms with Gasteiger partial charge in [-0.05, 0) is 66.4 Å². The van der Waals surface area contributed by atoms with E-state index in [9.17, 15) is 18.0 Å². The van der Waals surface area contributed by atoms with Crippen LogP contribution >= 0.6 is 11.6 Å². The van der Waals surface area contributed by atoms with Crippen LogP contribution in [0.3, 0.4) is 0 Å². The molecule has 3 rings (SSSR count). The van der Waals surface area contributed by atoms with Crippen molar-refractivity contribution in [3.05, 3.63) is 105 Å². The standard InChI is InChI=1S/C25H22ClF3N2O/c1-16-11-19(14-20(26)12-16)23(25(27,28)29)9-7-18-6-8-22(17(2)13-18)24(32)31-15-21-5-3-4-10-30-21/h3-14,23H,15H2,1-2H3,(H,31,32)/b9-7+. The molecule has 1 amide bonds. The predicted molar refractivity (Wildman–Crippen MR) is 121 cm³/mol. The lowest BCUT2D eigenvalue weighted by Gasteiger charge is -2.18. The van der Waals surface area contributed by atoms with E-state index in [0.717, 1.165) is 11.8 Å². The molecule has 166 valence electrons. The smallest absolute Gasteiger partial charge is 0.346 e. The maximum Gasteiger partial charge on any atom is 0.399 e. The molecule has 2 aromatic carbocycles. The van der Waals surface area contributed by atoms with Crippen LogP contribution in [0.5, 0.6) is 0 Å². The van der Waals surface area contributed by atoms with Gasteiger partial charge in [0.2, 0.25) is 0 Å². The molecule has 0 saturated carbocycles. The van der Waals surface area contributed by atoms with E-state index >= 15 is 0 Å². The lowest BCUT2D eigenvalue weighted by atomic mass is 9.95. The number of benzene rings is 2. The van der Waals surface area contributed by atoms with Crippen LogP contribution in [0.4, 0.5) is 13.2 Å². The molecule has 1 N–H and O–H groups in total. The van der Waals surface area contributed by atoms with Gasteiger partial charge in [0.1, 0.15) is 0 Å². The number of allylic oxidation sites excluding steroid dienone is 1. The average Bonchev–Trinajstić information content (AvgIpc) is 2.71. The monoisotopic (exact) mass is 458 g/mol. The zero-order valence-corrected chi connectivity index (χ0v) is 18.3. The molecule has 1 aromatic heterocycles. The summed E-state index contributed by atoms with van der Waals surface area (Å²) in [7, 11) is 0. The zero-order valence-electron chi connectivity index (χ0n) is 17.6. The number of hydrogen-bond acceptors (Lipinski definition) is 2. The number of aromatic nitrogens is 1. The highest BCUT2D eigenvalue weighted by atomic mass is 35.5. The molecule has 3 aromatic rings. The Morgan fingerprint density at radius 2 is 1.91 bits per heavy atom. The molecule has 0 aliphatic rings. The minimum absolute atomic E-state index is 0.0843. The summed E-state index contributed by atoms with van der Waals surface area (Å²) in [5.74, 6) is -2.06. The topological polar surface area (TPSA) is 42.0 Å². The van der Waals surface area contributed by atoms with Gasteiger partial charge in [-0.2, -0.15) is 13.2 Å². The molecule has 0 bridgehead atoms. The van der Waals surface area contributed by atoms with E-state index in [1.165, 1.54) is 18.2 Å². The van der Waals surface area contributed by atoms with Gasteiger partial charge in [-0.3, -0.25) is 9.78 Å². The number of nitrogens with one attached hydrogen (secondary N) is 1. The molecule has 0 saturated heterocycles. The predicted octanol–water partition coefficient (Wildman–Crippen LogP) is 6.64. The molecule has 0 aliphatic heterocycles. The number of halogens is 4. The van der Waals surface area contributed by atoms with E-state index in [1.54, 1.807) is 56.4 Å². The second kappa shape index (κ2) is 10.0. The first-order chi connectivity index (χ1) is 15.1. The number of nitrogens with zero attached hydrogens (tertiary/aromatic N) is 1. The average molecular weight is 459 g/mol. The van der Waals surface area contributed by atoms with Gasteiger partial charge in [-0.1, -0.05) is 48.0 Å². The Morgan fingerprint density at radius 3 is 2.53 bits per heavy atom. The van der Waals surface area contributed by atoms with Crippen LogP contribution in [-0.4, -0.2) is 17.1 Å². The van der Waals surface area contributed by atoms with Gasteiger partial charge in [0.15, 0.2) is 0 Å². The van der Waals surface area contributed by atoms with Crippen molar-refractivity contribution in [2.45, 2.75) is 32.5 Å². The SMILES string of the molecule is Cc1cc(Cl)cc(C(/C=C/c2ccc(C(=O)NCc3ccccn3)c(C)c2)C(F)(F)F)c1. The summed E-state index contributed by atoms with van der Waals surface area (Å²) in [5.41, 5.74) is 3.15. The molecule has 0 fully saturated rings. The maximum atomic E-state index is 13.7. The summed E-state index contributed by atoms with van der Waals surface area (Å²) in [4.78, 5) is 16.6. The normalized spacial score (nSPS) is 12.7. The van der Waals surface area contributed by atoms with E-state index < -0.39 is 12.1 Å². The highest BCUT2D eigenvalue weighted by Gasteiger charge is 2.39. The molecule has 0 spiro atoms. The number of pyridine rings is 1. The summed E-state index contributed by atoms with van der Waals surface area (Å²) >= 11 is 5.96.